The number of hydrogen-bond acceptors (Lipinski definition) is 6. The molecule has 0 aliphatic carbocycles. The summed E-state index contributed by atoms with van der Waals surface area (Å²) in [5, 5.41) is 3.63. The highest BCUT2D eigenvalue weighted by Crippen LogP contribution is 2.24. The Morgan fingerprint density at radius 1 is 0.913 bits per heavy atom. The number of fused-ring (bicyclic) bond motifs is 2. The van der Waals surface area contributed by atoms with Gasteiger partial charge in [-0.3, -0.25) is 4.79 Å². The smallest absolute Gasteiger partial charge is 0.301 e. The van der Waals surface area contributed by atoms with Gasteiger partial charge in [-0.05, 0) is 36.4 Å². The minimum atomic E-state index is -0.378. The molecule has 5 nitrogen and oxygen atoms in total. The summed E-state index contributed by atoms with van der Waals surface area (Å²) in [6.45, 7) is 0. The average Bonchev–Trinajstić information content (AvgIpc) is 2.56. The van der Waals surface area contributed by atoms with Gasteiger partial charge in [0.2, 0.25) is 0 Å². The molecule has 0 saturated heterocycles. The molecule has 2 aromatic carbocycles. The van der Waals surface area contributed by atoms with Crippen LogP contribution in [0.4, 0.5) is 10.8 Å². The summed E-state index contributed by atoms with van der Waals surface area (Å²) in [6.07, 6.45) is 0. The quantitative estimate of drug-likeness (QED) is 0.526. The molecule has 0 fully saturated rings. The van der Waals surface area contributed by atoms with E-state index in [1.807, 2.05) is 48.5 Å². The molecule has 2 heterocycles. The highest BCUT2D eigenvalue weighted by Gasteiger charge is 2.09. The van der Waals surface area contributed by atoms with E-state index in [1.165, 1.54) is 11.3 Å². The molecule has 0 aliphatic rings. The molecule has 0 bridgehead atoms. The fraction of sp³-hybridized carbons (Fsp3) is 0. The number of nitrogens with one attached hydrogen (secondary N) is 1. The van der Waals surface area contributed by atoms with E-state index in [0.717, 1.165) is 15.7 Å². The standard InChI is InChI=1S/C16H9BrN4OS/c17-9-5-7-10(8-6-9)18-16-21-14(22)13-15(23-16)20-12-4-2-1-3-11(12)19-13/h1-8H,(H,18,21,22). The largest absolute Gasteiger partial charge is 0.331 e. The first-order valence-electron chi connectivity index (χ1n) is 6.79. The highest BCUT2D eigenvalue weighted by molar-refractivity contribution is 9.10. The van der Waals surface area contributed by atoms with Gasteiger partial charge in [-0.2, -0.15) is 4.98 Å². The molecule has 0 radical (unpaired) electrons. The molecule has 7 heteroatoms. The number of para-hydroxylation sites is 2. The maximum atomic E-state index is 12.2. The second kappa shape index (κ2) is 5.68. The zero-order chi connectivity index (χ0) is 15.8. The minimum absolute atomic E-state index is 0.301. The van der Waals surface area contributed by atoms with Crippen LogP contribution in [0.5, 0.6) is 0 Å². The van der Waals surface area contributed by atoms with E-state index in [-0.39, 0.29) is 5.56 Å². The van der Waals surface area contributed by atoms with Crippen LogP contribution in [0, 0.1) is 0 Å². The Morgan fingerprint density at radius 3 is 2.35 bits per heavy atom. The maximum Gasteiger partial charge on any atom is 0.301 e. The molecule has 0 atom stereocenters. The van der Waals surface area contributed by atoms with Gasteiger partial charge in [-0.1, -0.05) is 39.4 Å². The van der Waals surface area contributed by atoms with E-state index < -0.39 is 0 Å². The van der Waals surface area contributed by atoms with Crippen LogP contribution >= 0.6 is 27.3 Å². The van der Waals surface area contributed by atoms with Crippen molar-refractivity contribution in [1.29, 1.82) is 0 Å². The fourth-order valence-corrected chi connectivity index (χ4v) is 3.28. The molecule has 0 aliphatic heterocycles. The van der Waals surface area contributed by atoms with Crippen molar-refractivity contribution < 1.29 is 0 Å². The highest BCUT2D eigenvalue weighted by atomic mass is 79.9. The van der Waals surface area contributed by atoms with Gasteiger partial charge in [0.15, 0.2) is 15.5 Å². The molecule has 23 heavy (non-hydrogen) atoms. The number of anilines is 2. The van der Waals surface area contributed by atoms with Gasteiger partial charge in [0.25, 0.3) is 0 Å². The molecule has 4 rings (SSSR count). The third-order valence-electron chi connectivity index (χ3n) is 3.23. The second-order valence-corrected chi connectivity index (χ2v) is 6.72. The van der Waals surface area contributed by atoms with Crippen molar-refractivity contribution in [3.05, 3.63) is 63.4 Å². The summed E-state index contributed by atoms with van der Waals surface area (Å²) in [6, 6.07) is 15.1. The molecule has 2 aromatic heterocycles. The Balaban J connectivity index is 1.83. The third kappa shape index (κ3) is 2.80. The molecule has 0 amide bonds. The number of rotatable bonds is 2. The van der Waals surface area contributed by atoms with Crippen molar-refractivity contribution >= 4 is 59.5 Å². The Kier molecular flexibility index (Phi) is 3.51. The van der Waals surface area contributed by atoms with Gasteiger partial charge in [-0.25, -0.2) is 9.97 Å². The van der Waals surface area contributed by atoms with Crippen LogP contribution in [0.15, 0.2) is 57.8 Å². The lowest BCUT2D eigenvalue weighted by Crippen LogP contribution is -2.10. The van der Waals surface area contributed by atoms with Crippen LogP contribution < -0.4 is 10.9 Å². The summed E-state index contributed by atoms with van der Waals surface area (Å²) in [5.74, 6) is 0. The van der Waals surface area contributed by atoms with E-state index in [1.54, 1.807) is 0 Å². The van der Waals surface area contributed by atoms with E-state index in [4.69, 9.17) is 0 Å². The van der Waals surface area contributed by atoms with Crippen molar-refractivity contribution in [2.45, 2.75) is 0 Å². The molecule has 1 N–H and O–H groups in total. The van der Waals surface area contributed by atoms with Gasteiger partial charge < -0.3 is 5.32 Å². The van der Waals surface area contributed by atoms with Crippen LogP contribution in [0.2, 0.25) is 0 Å². The number of halogens is 1. The first-order chi connectivity index (χ1) is 11.2. The predicted octanol–water partition coefficient (Wildman–Crippen LogP) is 4.11. The lowest BCUT2D eigenvalue weighted by atomic mass is 10.3. The van der Waals surface area contributed by atoms with Crippen molar-refractivity contribution in [2.24, 2.45) is 0 Å². The molecule has 4 aromatic rings. The fourth-order valence-electron chi connectivity index (χ4n) is 2.16. The van der Waals surface area contributed by atoms with Crippen molar-refractivity contribution in [1.82, 2.24) is 15.0 Å². The lowest BCUT2D eigenvalue weighted by molar-refractivity contribution is 1.26. The SMILES string of the molecule is O=c1nc(Nc2ccc(Br)cc2)sc2nc3ccccc3nc12. The van der Waals surface area contributed by atoms with Gasteiger partial charge >= 0.3 is 5.56 Å². The van der Waals surface area contributed by atoms with E-state index >= 15 is 0 Å². The van der Waals surface area contributed by atoms with Crippen LogP contribution in [0.3, 0.4) is 0 Å². The summed E-state index contributed by atoms with van der Waals surface area (Å²) in [7, 11) is 0. The topological polar surface area (TPSA) is 67.8 Å². The van der Waals surface area contributed by atoms with Gasteiger partial charge in [0, 0.05) is 10.2 Å². The number of aromatic nitrogens is 3. The van der Waals surface area contributed by atoms with Crippen molar-refractivity contribution in [3.8, 4) is 0 Å². The molecular formula is C16H9BrN4OS. The molecule has 0 spiro atoms. The molecule has 0 unspecified atom stereocenters. The number of nitrogens with zero attached hydrogens (tertiary/aromatic N) is 3. The Labute approximate surface area is 143 Å². The summed E-state index contributed by atoms with van der Waals surface area (Å²) < 4.78 is 0.986. The Bertz CT molecular complexity index is 1080. The monoisotopic (exact) mass is 384 g/mol. The summed E-state index contributed by atoms with van der Waals surface area (Å²) in [4.78, 5) is 25.8. The zero-order valence-corrected chi connectivity index (χ0v) is 14.1. The van der Waals surface area contributed by atoms with E-state index in [9.17, 15) is 4.79 Å². The molecule has 0 saturated carbocycles. The Hall–Kier alpha value is -2.38. The van der Waals surface area contributed by atoms with Gasteiger partial charge in [0.05, 0.1) is 11.0 Å². The number of benzene rings is 2. The maximum absolute atomic E-state index is 12.2. The third-order valence-corrected chi connectivity index (χ3v) is 4.63. The second-order valence-electron chi connectivity index (χ2n) is 4.82. The average molecular weight is 385 g/mol. The Morgan fingerprint density at radius 2 is 1.61 bits per heavy atom. The first kappa shape index (κ1) is 14.2. The van der Waals surface area contributed by atoms with Gasteiger partial charge in [0.1, 0.15) is 0 Å². The predicted molar refractivity (Wildman–Crippen MR) is 96.4 cm³/mol. The minimum Gasteiger partial charge on any atom is -0.331 e. The van der Waals surface area contributed by atoms with E-state index in [0.29, 0.717) is 21.0 Å². The summed E-state index contributed by atoms with van der Waals surface area (Å²) in [5.41, 5.74) is 2.23. The van der Waals surface area contributed by atoms with Crippen LogP contribution in [-0.4, -0.2) is 15.0 Å². The van der Waals surface area contributed by atoms with E-state index in [2.05, 4.69) is 36.2 Å². The molecular weight excluding hydrogens is 376 g/mol. The zero-order valence-electron chi connectivity index (χ0n) is 11.7. The molecule has 112 valence electrons. The van der Waals surface area contributed by atoms with Crippen LogP contribution in [0.1, 0.15) is 0 Å². The summed E-state index contributed by atoms with van der Waals surface area (Å²) >= 11 is 4.70. The van der Waals surface area contributed by atoms with Gasteiger partial charge in [-0.15, -0.1) is 0 Å². The normalized spacial score (nSPS) is 11.0. The van der Waals surface area contributed by atoms with Crippen molar-refractivity contribution in [2.75, 3.05) is 5.32 Å². The van der Waals surface area contributed by atoms with Crippen LogP contribution in [-0.2, 0) is 0 Å². The van der Waals surface area contributed by atoms with Crippen molar-refractivity contribution in [3.63, 3.8) is 0 Å². The van der Waals surface area contributed by atoms with Crippen LogP contribution in [0.25, 0.3) is 21.4 Å². The number of hydrogen-bond donors (Lipinski definition) is 1. The first-order valence-corrected chi connectivity index (χ1v) is 8.40. The lowest BCUT2D eigenvalue weighted by Gasteiger charge is -2.05.